The van der Waals surface area contributed by atoms with Crippen LogP contribution in [0.2, 0.25) is 0 Å². The van der Waals surface area contributed by atoms with E-state index >= 15 is 0 Å². The highest BCUT2D eigenvalue weighted by atomic mass is 16.2. The molecule has 110 valence electrons. The number of likely N-dealkylation sites (tertiary alicyclic amines) is 1. The van der Waals surface area contributed by atoms with Crippen LogP contribution in [-0.4, -0.2) is 45.5 Å². The standard InChI is InChI=1S/C14H22N4O2/c1-17-9-12(16-14(17)20)13(19)15-10-5-7-18(8-6-10)11-3-2-4-11/h9-11H,2-8H2,1H3,(H,15,19)(H,16,20). The Morgan fingerprint density at radius 3 is 2.50 bits per heavy atom. The van der Waals surface area contributed by atoms with Gasteiger partial charge in [0.1, 0.15) is 5.69 Å². The van der Waals surface area contributed by atoms with E-state index in [0.717, 1.165) is 32.0 Å². The monoisotopic (exact) mass is 278 g/mol. The van der Waals surface area contributed by atoms with Crippen LogP contribution in [0.4, 0.5) is 0 Å². The number of carbonyl (C=O) groups is 1. The van der Waals surface area contributed by atoms with Gasteiger partial charge in [0, 0.05) is 38.4 Å². The molecule has 0 unspecified atom stereocenters. The number of nitrogens with zero attached hydrogens (tertiary/aromatic N) is 2. The molecule has 1 aliphatic heterocycles. The molecule has 0 atom stereocenters. The van der Waals surface area contributed by atoms with Crippen molar-refractivity contribution >= 4 is 5.91 Å². The number of imidazole rings is 1. The Morgan fingerprint density at radius 2 is 2.00 bits per heavy atom. The van der Waals surface area contributed by atoms with Gasteiger partial charge in [-0.1, -0.05) is 6.42 Å². The third-order valence-corrected chi connectivity index (χ3v) is 4.59. The summed E-state index contributed by atoms with van der Waals surface area (Å²) in [6.45, 7) is 2.14. The molecular weight excluding hydrogens is 256 g/mol. The molecule has 2 heterocycles. The lowest BCUT2D eigenvalue weighted by molar-refractivity contribution is 0.0797. The van der Waals surface area contributed by atoms with Crippen molar-refractivity contribution in [2.24, 2.45) is 7.05 Å². The maximum absolute atomic E-state index is 12.1. The zero-order valence-corrected chi connectivity index (χ0v) is 11.9. The summed E-state index contributed by atoms with van der Waals surface area (Å²) in [6, 6.07) is 1.01. The molecule has 2 N–H and O–H groups in total. The predicted octanol–water partition coefficient (Wildman–Crippen LogP) is 0.460. The summed E-state index contributed by atoms with van der Waals surface area (Å²) in [5.74, 6) is -0.176. The lowest BCUT2D eigenvalue weighted by Crippen LogP contribution is -2.49. The lowest BCUT2D eigenvalue weighted by atomic mass is 9.89. The average molecular weight is 278 g/mol. The van der Waals surface area contributed by atoms with Crippen LogP contribution in [0.3, 0.4) is 0 Å². The van der Waals surface area contributed by atoms with E-state index in [0.29, 0.717) is 5.69 Å². The zero-order chi connectivity index (χ0) is 14.1. The summed E-state index contributed by atoms with van der Waals surface area (Å²) >= 11 is 0. The summed E-state index contributed by atoms with van der Waals surface area (Å²) in [5.41, 5.74) is 0.0916. The molecule has 1 saturated carbocycles. The average Bonchev–Trinajstić information content (AvgIpc) is 2.70. The van der Waals surface area contributed by atoms with Gasteiger partial charge in [0.15, 0.2) is 0 Å². The van der Waals surface area contributed by atoms with Crippen molar-refractivity contribution < 1.29 is 4.79 Å². The predicted molar refractivity (Wildman–Crippen MR) is 75.7 cm³/mol. The first-order valence-corrected chi connectivity index (χ1v) is 7.44. The number of aromatic amines is 1. The van der Waals surface area contributed by atoms with Crippen LogP contribution in [0.5, 0.6) is 0 Å². The fraction of sp³-hybridized carbons (Fsp3) is 0.714. The highest BCUT2D eigenvalue weighted by molar-refractivity contribution is 5.92. The second kappa shape index (κ2) is 5.44. The maximum Gasteiger partial charge on any atom is 0.325 e. The first kappa shape index (κ1) is 13.4. The number of aryl methyl sites for hydroxylation is 1. The fourth-order valence-corrected chi connectivity index (χ4v) is 3.03. The fourth-order valence-electron chi connectivity index (χ4n) is 3.03. The molecule has 0 radical (unpaired) electrons. The first-order valence-electron chi connectivity index (χ1n) is 7.44. The Balaban J connectivity index is 1.51. The summed E-state index contributed by atoms with van der Waals surface area (Å²) < 4.78 is 1.38. The Morgan fingerprint density at radius 1 is 1.30 bits per heavy atom. The van der Waals surface area contributed by atoms with E-state index in [1.165, 1.54) is 23.8 Å². The Labute approximate surface area is 118 Å². The number of piperidine rings is 1. The molecule has 6 nitrogen and oxygen atoms in total. The molecule has 6 heteroatoms. The molecule has 1 aromatic heterocycles. The molecule has 1 aromatic rings. The second-order valence-electron chi connectivity index (χ2n) is 5.95. The van der Waals surface area contributed by atoms with Gasteiger partial charge in [0.25, 0.3) is 5.91 Å². The van der Waals surface area contributed by atoms with Gasteiger partial charge in [-0.25, -0.2) is 4.79 Å². The van der Waals surface area contributed by atoms with Crippen molar-refractivity contribution in [2.75, 3.05) is 13.1 Å². The number of nitrogens with one attached hydrogen (secondary N) is 2. The molecule has 3 rings (SSSR count). The summed E-state index contributed by atoms with van der Waals surface area (Å²) in [5, 5.41) is 3.02. The highest BCUT2D eigenvalue weighted by Gasteiger charge is 2.29. The summed E-state index contributed by atoms with van der Waals surface area (Å²) in [6.07, 6.45) is 7.58. The van der Waals surface area contributed by atoms with Crippen LogP contribution >= 0.6 is 0 Å². The molecule has 1 aliphatic carbocycles. The van der Waals surface area contributed by atoms with Gasteiger partial charge in [0.2, 0.25) is 0 Å². The molecule has 2 fully saturated rings. The van der Waals surface area contributed by atoms with E-state index in [1.807, 2.05) is 0 Å². The van der Waals surface area contributed by atoms with E-state index in [-0.39, 0.29) is 17.6 Å². The topological polar surface area (TPSA) is 70.1 Å². The normalized spacial score (nSPS) is 21.6. The molecule has 0 aromatic carbocycles. The summed E-state index contributed by atoms with van der Waals surface area (Å²) in [7, 11) is 1.63. The smallest absolute Gasteiger partial charge is 0.325 e. The van der Waals surface area contributed by atoms with Gasteiger partial charge in [-0.05, 0) is 25.7 Å². The second-order valence-corrected chi connectivity index (χ2v) is 5.95. The van der Waals surface area contributed by atoms with Gasteiger partial charge in [0.05, 0.1) is 0 Å². The molecule has 1 saturated heterocycles. The summed E-state index contributed by atoms with van der Waals surface area (Å²) in [4.78, 5) is 28.5. The number of rotatable bonds is 3. The number of amides is 1. The third-order valence-electron chi connectivity index (χ3n) is 4.59. The van der Waals surface area contributed by atoms with Gasteiger partial charge in [-0.15, -0.1) is 0 Å². The Kier molecular flexibility index (Phi) is 3.65. The molecule has 0 spiro atoms. The Hall–Kier alpha value is -1.56. The van der Waals surface area contributed by atoms with Crippen LogP contribution in [0, 0.1) is 0 Å². The van der Waals surface area contributed by atoms with Crippen molar-refractivity contribution in [3.8, 4) is 0 Å². The molecule has 1 amide bonds. The zero-order valence-electron chi connectivity index (χ0n) is 11.9. The van der Waals surface area contributed by atoms with Crippen molar-refractivity contribution in [2.45, 2.75) is 44.2 Å². The van der Waals surface area contributed by atoms with Gasteiger partial charge >= 0.3 is 5.69 Å². The van der Waals surface area contributed by atoms with E-state index in [4.69, 9.17) is 0 Å². The SMILES string of the molecule is Cn1cc(C(=O)NC2CCN(C3CCC3)CC2)[nH]c1=O. The number of aromatic nitrogens is 2. The minimum Gasteiger partial charge on any atom is -0.348 e. The Bertz CT molecular complexity index is 536. The van der Waals surface area contributed by atoms with Crippen molar-refractivity contribution in [1.29, 1.82) is 0 Å². The minimum absolute atomic E-state index is 0.176. The molecule has 20 heavy (non-hydrogen) atoms. The van der Waals surface area contributed by atoms with E-state index in [2.05, 4.69) is 15.2 Å². The van der Waals surface area contributed by atoms with Gasteiger partial charge in [-0.3, -0.25) is 4.79 Å². The third kappa shape index (κ3) is 2.65. The molecular formula is C14H22N4O2. The van der Waals surface area contributed by atoms with Crippen LogP contribution in [0.25, 0.3) is 0 Å². The largest absolute Gasteiger partial charge is 0.348 e. The van der Waals surface area contributed by atoms with Gasteiger partial charge < -0.3 is 19.8 Å². The van der Waals surface area contributed by atoms with Gasteiger partial charge in [-0.2, -0.15) is 0 Å². The first-order chi connectivity index (χ1) is 9.63. The van der Waals surface area contributed by atoms with Crippen molar-refractivity contribution in [3.63, 3.8) is 0 Å². The lowest BCUT2D eigenvalue weighted by Gasteiger charge is -2.41. The minimum atomic E-state index is -0.255. The van der Waals surface area contributed by atoms with Crippen LogP contribution in [-0.2, 0) is 7.05 Å². The van der Waals surface area contributed by atoms with Crippen molar-refractivity contribution in [3.05, 3.63) is 22.4 Å². The maximum atomic E-state index is 12.1. The number of H-pyrrole nitrogens is 1. The highest BCUT2D eigenvalue weighted by Crippen LogP contribution is 2.27. The van der Waals surface area contributed by atoms with Crippen LogP contribution < -0.4 is 11.0 Å². The molecule has 2 aliphatic rings. The number of carbonyl (C=O) groups excluding carboxylic acids is 1. The van der Waals surface area contributed by atoms with E-state index in [9.17, 15) is 9.59 Å². The quantitative estimate of drug-likeness (QED) is 0.844. The van der Waals surface area contributed by atoms with E-state index < -0.39 is 0 Å². The number of hydrogen-bond acceptors (Lipinski definition) is 3. The molecule has 0 bridgehead atoms. The van der Waals surface area contributed by atoms with E-state index in [1.54, 1.807) is 13.2 Å². The van der Waals surface area contributed by atoms with Crippen molar-refractivity contribution in [1.82, 2.24) is 19.8 Å². The van der Waals surface area contributed by atoms with Crippen LogP contribution in [0.1, 0.15) is 42.6 Å². The van der Waals surface area contributed by atoms with Crippen LogP contribution in [0.15, 0.2) is 11.0 Å². The number of hydrogen-bond donors (Lipinski definition) is 2.